The van der Waals surface area contributed by atoms with Crippen molar-refractivity contribution in [1.29, 1.82) is 0 Å². The second-order valence-electron chi connectivity index (χ2n) is 4.38. The van der Waals surface area contributed by atoms with Crippen LogP contribution in [0.2, 0.25) is 0 Å². The van der Waals surface area contributed by atoms with E-state index in [4.69, 9.17) is 0 Å². The molecular formula is C14H22N2O. The second-order valence-corrected chi connectivity index (χ2v) is 4.38. The highest BCUT2D eigenvalue weighted by molar-refractivity contribution is 5.95. The topological polar surface area (TPSA) is 41.1 Å². The van der Waals surface area contributed by atoms with Gasteiger partial charge in [0, 0.05) is 12.1 Å². The lowest BCUT2D eigenvalue weighted by molar-refractivity contribution is 0.0947. The molecule has 94 valence electrons. The van der Waals surface area contributed by atoms with Crippen molar-refractivity contribution in [3.8, 4) is 0 Å². The van der Waals surface area contributed by atoms with E-state index in [-0.39, 0.29) is 5.91 Å². The summed E-state index contributed by atoms with van der Waals surface area (Å²) in [4.78, 5) is 12.0. The molecule has 0 saturated heterocycles. The Labute approximate surface area is 104 Å². The molecule has 2 N–H and O–H groups in total. The fourth-order valence-corrected chi connectivity index (χ4v) is 1.83. The van der Waals surface area contributed by atoms with Crippen molar-refractivity contribution in [2.45, 2.75) is 20.3 Å². The van der Waals surface area contributed by atoms with Gasteiger partial charge in [-0.2, -0.15) is 0 Å². The summed E-state index contributed by atoms with van der Waals surface area (Å²) in [6, 6.07) is 7.77. The Bertz CT molecular complexity index is 363. The lowest BCUT2D eigenvalue weighted by Crippen LogP contribution is -2.32. The molecule has 0 heterocycles. The standard InChI is InChI=1S/C14H22N2O/c1-4-12-7-5-6-8-13(12)14(17)16-10-11(2)9-15-3/h5-8,11,15H,4,9-10H2,1-3H3,(H,16,17). The zero-order chi connectivity index (χ0) is 12.7. The molecule has 3 nitrogen and oxygen atoms in total. The highest BCUT2D eigenvalue weighted by Crippen LogP contribution is 2.09. The van der Waals surface area contributed by atoms with Crippen LogP contribution in [0, 0.1) is 5.92 Å². The molecule has 0 saturated carbocycles. The summed E-state index contributed by atoms with van der Waals surface area (Å²) in [5.74, 6) is 0.475. The molecule has 0 fully saturated rings. The Balaban J connectivity index is 2.58. The van der Waals surface area contributed by atoms with Crippen LogP contribution < -0.4 is 10.6 Å². The minimum Gasteiger partial charge on any atom is -0.352 e. The second kappa shape index (κ2) is 7.07. The molecule has 1 aromatic rings. The van der Waals surface area contributed by atoms with Crippen molar-refractivity contribution in [2.75, 3.05) is 20.1 Å². The number of hydrogen-bond donors (Lipinski definition) is 2. The molecule has 17 heavy (non-hydrogen) atoms. The Morgan fingerprint density at radius 1 is 1.29 bits per heavy atom. The molecule has 3 heteroatoms. The molecule has 1 amide bonds. The lowest BCUT2D eigenvalue weighted by atomic mass is 10.0. The van der Waals surface area contributed by atoms with E-state index in [1.165, 1.54) is 0 Å². The van der Waals surface area contributed by atoms with Crippen molar-refractivity contribution in [1.82, 2.24) is 10.6 Å². The molecule has 1 rings (SSSR count). The maximum absolute atomic E-state index is 12.0. The third-order valence-electron chi connectivity index (χ3n) is 2.81. The van der Waals surface area contributed by atoms with Crippen LogP contribution in [-0.2, 0) is 6.42 Å². The summed E-state index contributed by atoms with van der Waals surface area (Å²) in [6.07, 6.45) is 0.885. The Morgan fingerprint density at radius 2 is 2.00 bits per heavy atom. The molecular weight excluding hydrogens is 212 g/mol. The minimum atomic E-state index is 0.0328. The van der Waals surface area contributed by atoms with E-state index in [2.05, 4.69) is 24.5 Å². The first-order valence-corrected chi connectivity index (χ1v) is 6.19. The predicted molar refractivity (Wildman–Crippen MR) is 71.2 cm³/mol. The fourth-order valence-electron chi connectivity index (χ4n) is 1.83. The molecule has 0 radical (unpaired) electrons. The molecule has 0 aliphatic heterocycles. The number of carbonyl (C=O) groups excluding carboxylic acids is 1. The van der Waals surface area contributed by atoms with E-state index in [1.54, 1.807) is 0 Å². The zero-order valence-corrected chi connectivity index (χ0v) is 10.9. The van der Waals surface area contributed by atoms with Gasteiger partial charge in [-0.3, -0.25) is 4.79 Å². The molecule has 1 aromatic carbocycles. The number of hydrogen-bond acceptors (Lipinski definition) is 2. The van der Waals surface area contributed by atoms with E-state index in [0.717, 1.165) is 24.1 Å². The molecule has 0 aliphatic carbocycles. The number of nitrogens with one attached hydrogen (secondary N) is 2. The molecule has 0 bridgehead atoms. The molecule has 0 spiro atoms. The third kappa shape index (κ3) is 4.19. The van der Waals surface area contributed by atoms with Crippen LogP contribution in [-0.4, -0.2) is 26.0 Å². The van der Waals surface area contributed by atoms with Gasteiger partial charge in [-0.1, -0.05) is 32.0 Å². The van der Waals surface area contributed by atoms with Gasteiger partial charge in [-0.15, -0.1) is 0 Å². The number of rotatable bonds is 6. The van der Waals surface area contributed by atoms with Gasteiger partial charge >= 0.3 is 0 Å². The lowest BCUT2D eigenvalue weighted by Gasteiger charge is -2.13. The SMILES string of the molecule is CCc1ccccc1C(=O)NCC(C)CNC. The van der Waals surface area contributed by atoms with E-state index in [0.29, 0.717) is 12.5 Å². The normalized spacial score (nSPS) is 12.2. The van der Waals surface area contributed by atoms with Gasteiger partial charge in [0.2, 0.25) is 0 Å². The fraction of sp³-hybridized carbons (Fsp3) is 0.500. The van der Waals surface area contributed by atoms with Crippen molar-refractivity contribution >= 4 is 5.91 Å². The quantitative estimate of drug-likeness (QED) is 0.788. The number of aryl methyl sites for hydroxylation is 1. The van der Waals surface area contributed by atoms with Crippen molar-refractivity contribution in [2.24, 2.45) is 5.92 Å². The summed E-state index contributed by atoms with van der Waals surface area (Å²) in [5.41, 5.74) is 1.90. The molecule has 0 aromatic heterocycles. The van der Waals surface area contributed by atoms with Gasteiger partial charge in [0.05, 0.1) is 0 Å². The van der Waals surface area contributed by atoms with Crippen molar-refractivity contribution in [3.63, 3.8) is 0 Å². The van der Waals surface area contributed by atoms with E-state index in [9.17, 15) is 4.79 Å². The summed E-state index contributed by atoms with van der Waals surface area (Å²) < 4.78 is 0. The summed E-state index contributed by atoms with van der Waals surface area (Å²) in [7, 11) is 1.92. The van der Waals surface area contributed by atoms with Gasteiger partial charge < -0.3 is 10.6 Å². The smallest absolute Gasteiger partial charge is 0.251 e. The van der Waals surface area contributed by atoms with Crippen LogP contribution >= 0.6 is 0 Å². The van der Waals surface area contributed by atoms with Crippen LogP contribution in [0.25, 0.3) is 0 Å². The van der Waals surface area contributed by atoms with E-state index >= 15 is 0 Å². The first-order valence-electron chi connectivity index (χ1n) is 6.19. The van der Waals surface area contributed by atoms with Crippen LogP contribution in [0.3, 0.4) is 0 Å². The largest absolute Gasteiger partial charge is 0.352 e. The maximum Gasteiger partial charge on any atom is 0.251 e. The molecule has 0 aliphatic rings. The monoisotopic (exact) mass is 234 g/mol. The average molecular weight is 234 g/mol. The minimum absolute atomic E-state index is 0.0328. The Kier molecular flexibility index (Phi) is 5.70. The first kappa shape index (κ1) is 13.7. The van der Waals surface area contributed by atoms with E-state index < -0.39 is 0 Å². The predicted octanol–water partition coefficient (Wildman–Crippen LogP) is 1.83. The Hall–Kier alpha value is -1.35. The number of amides is 1. The van der Waals surface area contributed by atoms with Crippen LogP contribution in [0.4, 0.5) is 0 Å². The van der Waals surface area contributed by atoms with Crippen molar-refractivity contribution in [3.05, 3.63) is 35.4 Å². The van der Waals surface area contributed by atoms with Gasteiger partial charge in [0.15, 0.2) is 0 Å². The zero-order valence-electron chi connectivity index (χ0n) is 10.9. The highest BCUT2D eigenvalue weighted by Gasteiger charge is 2.10. The Morgan fingerprint density at radius 3 is 2.65 bits per heavy atom. The highest BCUT2D eigenvalue weighted by atomic mass is 16.1. The van der Waals surface area contributed by atoms with Gasteiger partial charge in [-0.25, -0.2) is 0 Å². The summed E-state index contributed by atoms with van der Waals surface area (Å²) in [5, 5.41) is 6.08. The molecule has 1 unspecified atom stereocenters. The van der Waals surface area contributed by atoms with E-state index in [1.807, 2.05) is 31.3 Å². The number of carbonyl (C=O) groups is 1. The maximum atomic E-state index is 12.0. The van der Waals surface area contributed by atoms with Crippen LogP contribution in [0.15, 0.2) is 24.3 Å². The van der Waals surface area contributed by atoms with Gasteiger partial charge in [-0.05, 0) is 37.6 Å². The summed E-state index contributed by atoms with van der Waals surface area (Å²) >= 11 is 0. The first-order chi connectivity index (χ1) is 8.19. The van der Waals surface area contributed by atoms with Crippen molar-refractivity contribution < 1.29 is 4.79 Å². The van der Waals surface area contributed by atoms with Crippen LogP contribution in [0.5, 0.6) is 0 Å². The third-order valence-corrected chi connectivity index (χ3v) is 2.81. The number of benzene rings is 1. The molecule has 1 atom stereocenters. The van der Waals surface area contributed by atoms with Crippen LogP contribution in [0.1, 0.15) is 29.8 Å². The van der Waals surface area contributed by atoms with Gasteiger partial charge in [0.1, 0.15) is 0 Å². The average Bonchev–Trinajstić information content (AvgIpc) is 2.36. The summed E-state index contributed by atoms with van der Waals surface area (Å²) in [6.45, 7) is 5.80. The van der Waals surface area contributed by atoms with Gasteiger partial charge in [0.25, 0.3) is 5.91 Å².